The standard InChI is InChI=1S/C9H10O2/c10-6-7-11-8-9-4-2-1-3-5-9/h1-6H,7-8H2/i6D,7D2. The van der Waals surface area contributed by atoms with Gasteiger partial charge < -0.3 is 9.53 Å². The minimum atomic E-state index is -2.52. The van der Waals surface area contributed by atoms with Gasteiger partial charge in [0.25, 0.3) is 0 Å². The van der Waals surface area contributed by atoms with Gasteiger partial charge in [0.2, 0.25) is 0 Å². The number of aldehydes is 1. The molecule has 0 amide bonds. The second-order valence-electron chi connectivity index (χ2n) is 1.98. The summed E-state index contributed by atoms with van der Waals surface area (Å²) in [6, 6.07) is 8.91. The third-order valence-electron chi connectivity index (χ3n) is 1.20. The van der Waals surface area contributed by atoms with E-state index >= 15 is 0 Å². The normalized spacial score (nSPS) is 14.7. The van der Waals surface area contributed by atoms with Crippen LogP contribution in [0.25, 0.3) is 0 Å². The smallest absolute Gasteiger partial charge is 0.145 e. The molecular formula is C9H10O2. The van der Waals surface area contributed by atoms with E-state index in [2.05, 4.69) is 4.74 Å². The number of carbonyl (C=O) groups excluding carboxylic acids is 1. The zero-order valence-corrected chi connectivity index (χ0v) is 5.91. The second kappa shape index (κ2) is 4.63. The van der Waals surface area contributed by atoms with E-state index in [4.69, 9.17) is 4.11 Å². The average molecular weight is 153 g/mol. The Morgan fingerprint density at radius 1 is 1.55 bits per heavy atom. The van der Waals surface area contributed by atoms with E-state index in [1.54, 1.807) is 24.3 Å². The molecule has 0 saturated carbocycles. The summed E-state index contributed by atoms with van der Waals surface area (Å²) in [4.78, 5) is 10.5. The lowest BCUT2D eigenvalue weighted by Gasteiger charge is -1.98. The average Bonchev–Trinajstić information content (AvgIpc) is 2.16. The molecule has 0 aliphatic heterocycles. The van der Waals surface area contributed by atoms with Crippen LogP contribution in [0.1, 0.15) is 9.68 Å². The van der Waals surface area contributed by atoms with Crippen molar-refractivity contribution in [1.82, 2.24) is 0 Å². The number of benzene rings is 1. The monoisotopic (exact) mass is 153 g/mol. The van der Waals surface area contributed by atoms with Gasteiger partial charge in [0, 0.05) is 0 Å². The van der Waals surface area contributed by atoms with Crippen LogP contribution >= 0.6 is 0 Å². The number of rotatable bonds is 4. The van der Waals surface area contributed by atoms with Gasteiger partial charge in [-0.3, -0.25) is 0 Å². The molecule has 1 rings (SSSR count). The van der Waals surface area contributed by atoms with Crippen molar-refractivity contribution in [3.8, 4) is 0 Å². The molecule has 0 heterocycles. The lowest BCUT2D eigenvalue weighted by Crippen LogP contribution is -1.95. The lowest BCUT2D eigenvalue weighted by atomic mass is 10.2. The second-order valence-corrected chi connectivity index (χ2v) is 1.98. The molecule has 58 valence electrons. The Morgan fingerprint density at radius 3 is 2.91 bits per heavy atom. The number of carbonyl (C=O) groups is 1. The first-order chi connectivity index (χ1) is 6.52. The van der Waals surface area contributed by atoms with Crippen molar-refractivity contribution < 1.29 is 13.6 Å². The fourth-order valence-corrected chi connectivity index (χ4v) is 0.723. The van der Waals surface area contributed by atoms with Crippen molar-refractivity contribution in [3.05, 3.63) is 35.9 Å². The first kappa shape index (κ1) is 4.67. The van der Waals surface area contributed by atoms with E-state index < -0.39 is 12.8 Å². The maximum atomic E-state index is 10.5. The molecule has 2 nitrogen and oxygen atoms in total. The third kappa shape index (κ3) is 2.96. The molecule has 0 aliphatic rings. The highest BCUT2D eigenvalue weighted by Crippen LogP contribution is 1.99. The van der Waals surface area contributed by atoms with E-state index in [1.807, 2.05) is 6.07 Å². The van der Waals surface area contributed by atoms with Crippen LogP contribution < -0.4 is 0 Å². The molecule has 11 heavy (non-hydrogen) atoms. The summed E-state index contributed by atoms with van der Waals surface area (Å²) in [6.45, 7) is -2.53. The predicted octanol–water partition coefficient (Wildman–Crippen LogP) is 1.40. The predicted molar refractivity (Wildman–Crippen MR) is 42.2 cm³/mol. The molecule has 0 fully saturated rings. The molecule has 0 bridgehead atoms. The molecule has 0 aromatic heterocycles. The molecule has 1 aromatic carbocycles. The number of hydrogen-bond acceptors (Lipinski definition) is 2. The van der Waals surface area contributed by atoms with Crippen LogP contribution in [0.5, 0.6) is 0 Å². The Labute approximate surface area is 70.0 Å². The highest BCUT2D eigenvalue weighted by Gasteiger charge is 1.88. The van der Waals surface area contributed by atoms with Gasteiger partial charge in [-0.05, 0) is 5.56 Å². The summed E-state index contributed by atoms with van der Waals surface area (Å²) in [7, 11) is 0. The summed E-state index contributed by atoms with van der Waals surface area (Å²) in [5, 5.41) is 0. The largest absolute Gasteiger partial charge is 0.369 e. The van der Waals surface area contributed by atoms with Crippen molar-refractivity contribution >= 4 is 6.26 Å². The molecule has 0 radical (unpaired) electrons. The van der Waals surface area contributed by atoms with Gasteiger partial charge in [-0.15, -0.1) is 0 Å². The molecule has 2 heteroatoms. The summed E-state index contributed by atoms with van der Waals surface area (Å²) in [5.41, 5.74) is 0.762. The van der Waals surface area contributed by atoms with E-state index in [-0.39, 0.29) is 6.61 Å². The van der Waals surface area contributed by atoms with Gasteiger partial charge in [-0.2, -0.15) is 0 Å². The Kier molecular flexibility index (Phi) is 1.97. The van der Waals surface area contributed by atoms with Crippen molar-refractivity contribution in [2.45, 2.75) is 6.61 Å². The van der Waals surface area contributed by atoms with Crippen LogP contribution in [0.2, 0.25) is 0 Å². The van der Waals surface area contributed by atoms with Gasteiger partial charge in [0.1, 0.15) is 14.2 Å². The first-order valence-corrected chi connectivity index (χ1v) is 3.21. The quantitative estimate of drug-likeness (QED) is 0.611. The summed E-state index contributed by atoms with van der Waals surface area (Å²) < 4.78 is 25.4. The fraction of sp³-hybridized carbons (Fsp3) is 0.222. The SMILES string of the molecule is [2H]C(=O)C([2H])([2H])OCc1ccccc1. The lowest BCUT2D eigenvalue weighted by molar-refractivity contribution is -0.112. The molecule has 0 aliphatic carbocycles. The van der Waals surface area contributed by atoms with Crippen LogP contribution in [0.15, 0.2) is 30.3 Å². The third-order valence-corrected chi connectivity index (χ3v) is 1.20. The zero-order valence-electron chi connectivity index (χ0n) is 8.91. The van der Waals surface area contributed by atoms with E-state index in [0.29, 0.717) is 0 Å². The zero-order chi connectivity index (χ0) is 10.6. The summed E-state index contributed by atoms with van der Waals surface area (Å²) in [5.74, 6) is 0. The van der Waals surface area contributed by atoms with Crippen molar-refractivity contribution in [2.24, 2.45) is 0 Å². The molecule has 0 N–H and O–H groups in total. The van der Waals surface area contributed by atoms with Crippen LogP contribution in [0.3, 0.4) is 0 Å². The minimum absolute atomic E-state index is 0.0154. The van der Waals surface area contributed by atoms with Crippen molar-refractivity contribution in [3.63, 3.8) is 0 Å². The van der Waals surface area contributed by atoms with Crippen LogP contribution in [0.4, 0.5) is 0 Å². The molecule has 0 spiro atoms. The van der Waals surface area contributed by atoms with Gasteiger partial charge in [-0.1, -0.05) is 30.3 Å². The van der Waals surface area contributed by atoms with Crippen molar-refractivity contribution in [1.29, 1.82) is 0 Å². The highest BCUT2D eigenvalue weighted by atomic mass is 16.5. The molecule has 0 atom stereocenters. The van der Waals surface area contributed by atoms with Gasteiger partial charge >= 0.3 is 0 Å². The van der Waals surface area contributed by atoms with Gasteiger partial charge in [0.05, 0.1) is 9.35 Å². The Balaban J connectivity index is 2.53. The Morgan fingerprint density at radius 2 is 2.27 bits per heavy atom. The maximum absolute atomic E-state index is 10.5. The summed E-state index contributed by atoms with van der Waals surface area (Å²) in [6.07, 6.45) is -1.37. The highest BCUT2D eigenvalue weighted by molar-refractivity contribution is 5.50. The minimum Gasteiger partial charge on any atom is -0.369 e. The number of ether oxygens (including phenoxy) is 1. The van der Waals surface area contributed by atoms with Crippen LogP contribution in [-0.4, -0.2) is 12.8 Å². The summed E-state index contributed by atoms with van der Waals surface area (Å²) >= 11 is 0. The molecular weight excluding hydrogens is 140 g/mol. The Bertz CT molecular complexity index is 311. The number of hydrogen-bond donors (Lipinski definition) is 0. The van der Waals surface area contributed by atoms with E-state index in [0.717, 1.165) is 5.56 Å². The molecule has 1 aromatic rings. The van der Waals surface area contributed by atoms with E-state index in [1.165, 1.54) is 0 Å². The maximum Gasteiger partial charge on any atom is 0.145 e. The molecule has 0 unspecified atom stereocenters. The fourth-order valence-electron chi connectivity index (χ4n) is 0.723. The first-order valence-electron chi connectivity index (χ1n) is 4.71. The van der Waals surface area contributed by atoms with E-state index in [9.17, 15) is 4.79 Å². The van der Waals surface area contributed by atoms with Crippen LogP contribution in [-0.2, 0) is 16.1 Å². The molecule has 0 saturated heterocycles. The topological polar surface area (TPSA) is 26.3 Å². The Hall–Kier alpha value is -1.15. The van der Waals surface area contributed by atoms with Gasteiger partial charge in [0.15, 0.2) is 0 Å². The van der Waals surface area contributed by atoms with Crippen LogP contribution in [0, 0.1) is 0 Å². The van der Waals surface area contributed by atoms with Gasteiger partial charge in [-0.25, -0.2) is 0 Å². The van der Waals surface area contributed by atoms with Crippen molar-refractivity contribution in [2.75, 3.05) is 6.56 Å².